The van der Waals surface area contributed by atoms with E-state index in [9.17, 15) is 19.2 Å². The van der Waals surface area contributed by atoms with Crippen LogP contribution in [0.2, 0.25) is 0 Å². The molecule has 0 amide bonds. The Kier molecular flexibility index (Phi) is 7.61. The van der Waals surface area contributed by atoms with Crippen molar-refractivity contribution in [2.24, 2.45) is 28.1 Å². The molecule has 3 aliphatic carbocycles. The molecule has 45 heavy (non-hydrogen) atoms. The van der Waals surface area contributed by atoms with Crippen LogP contribution < -0.4 is 0 Å². The fourth-order valence-electron chi connectivity index (χ4n) is 10.1. The van der Waals surface area contributed by atoms with Gasteiger partial charge in [-0.2, -0.15) is 0 Å². The third kappa shape index (κ3) is 4.53. The number of allylic oxidation sites excluding steroid dienone is 2. The molecule has 4 fully saturated rings. The second kappa shape index (κ2) is 10.9. The number of furan rings is 1. The van der Waals surface area contributed by atoms with Crippen LogP contribution in [-0.4, -0.2) is 61.0 Å². The van der Waals surface area contributed by atoms with Crippen molar-refractivity contribution >= 4 is 23.9 Å². The van der Waals surface area contributed by atoms with Crippen molar-refractivity contribution < 1.29 is 47.3 Å². The summed E-state index contributed by atoms with van der Waals surface area (Å²) >= 11 is 0. The third-order valence-electron chi connectivity index (χ3n) is 12.0. The van der Waals surface area contributed by atoms with E-state index < -0.39 is 76.5 Å². The normalized spacial score (nSPS) is 42.1. The molecule has 5 aliphatic rings. The second-order valence-electron chi connectivity index (χ2n) is 14.3. The first kappa shape index (κ1) is 31.6. The summed E-state index contributed by atoms with van der Waals surface area (Å²) in [5.41, 5.74) is 0.879. The van der Waals surface area contributed by atoms with Gasteiger partial charge in [0.15, 0.2) is 0 Å². The van der Waals surface area contributed by atoms with Crippen molar-refractivity contribution in [2.75, 3.05) is 6.61 Å². The van der Waals surface area contributed by atoms with Crippen LogP contribution in [0.1, 0.15) is 86.1 Å². The molecular formula is C35H44O10. The van der Waals surface area contributed by atoms with Gasteiger partial charge in [0.1, 0.15) is 24.4 Å². The Balaban J connectivity index is 1.61. The van der Waals surface area contributed by atoms with Crippen LogP contribution in [0.15, 0.2) is 45.8 Å². The molecule has 0 radical (unpaired) electrons. The van der Waals surface area contributed by atoms with Crippen LogP contribution in [0.5, 0.6) is 0 Å². The van der Waals surface area contributed by atoms with Crippen molar-refractivity contribution in [3.8, 4) is 0 Å². The standard InChI is InChI=1S/C35H44O10/c1-9-17(2)32(39)45-31-29-30-33(6,16-41-29)25(42-19(4)36)14-26(43-20(5)37)34(30,7)24-13-27(38)44-23-12-22(21-10-11-40-15-21)18(3)28(23)35(24,31)8/h9-11,15,22-26,29-31H,12-14,16H2,1-8H3/b17-9+/t22-,23+,24-,25-,26+,29-,30+,31-,33-,34+,35-/m1/s1. The quantitative estimate of drug-likeness (QED) is 0.186. The molecule has 3 heterocycles. The highest BCUT2D eigenvalue weighted by Gasteiger charge is 2.78. The van der Waals surface area contributed by atoms with E-state index in [-0.39, 0.29) is 31.3 Å². The summed E-state index contributed by atoms with van der Waals surface area (Å²) in [5, 5.41) is 0. The topological polar surface area (TPSA) is 128 Å². The highest BCUT2D eigenvalue weighted by atomic mass is 16.6. The number of ether oxygens (including phenoxy) is 5. The minimum absolute atomic E-state index is 0.0304. The highest BCUT2D eigenvalue weighted by molar-refractivity contribution is 5.88. The molecule has 0 unspecified atom stereocenters. The summed E-state index contributed by atoms with van der Waals surface area (Å²) in [6.45, 7) is 14.7. The van der Waals surface area contributed by atoms with E-state index in [1.54, 1.807) is 32.4 Å². The molecule has 2 aliphatic heterocycles. The minimum Gasteiger partial charge on any atom is -0.472 e. The fraction of sp³-hybridized carbons (Fsp3) is 0.657. The largest absolute Gasteiger partial charge is 0.472 e. The first-order valence-electron chi connectivity index (χ1n) is 15.9. The van der Waals surface area contributed by atoms with Crippen LogP contribution >= 0.6 is 0 Å². The molecule has 0 aromatic carbocycles. The van der Waals surface area contributed by atoms with Crippen LogP contribution in [0.25, 0.3) is 0 Å². The van der Waals surface area contributed by atoms with Gasteiger partial charge in [0.25, 0.3) is 0 Å². The Morgan fingerprint density at radius 1 is 1.00 bits per heavy atom. The van der Waals surface area contributed by atoms with Crippen LogP contribution in [0.3, 0.4) is 0 Å². The van der Waals surface area contributed by atoms with E-state index >= 15 is 0 Å². The zero-order valence-corrected chi connectivity index (χ0v) is 27.3. The molecule has 2 saturated heterocycles. The molecule has 11 atom stereocenters. The lowest BCUT2D eigenvalue weighted by atomic mass is 9.39. The molecule has 244 valence electrons. The first-order valence-corrected chi connectivity index (χ1v) is 15.9. The maximum absolute atomic E-state index is 13.8. The van der Waals surface area contributed by atoms with Gasteiger partial charge in [0.2, 0.25) is 0 Å². The van der Waals surface area contributed by atoms with Crippen molar-refractivity contribution in [1.29, 1.82) is 0 Å². The summed E-state index contributed by atoms with van der Waals surface area (Å²) in [4.78, 5) is 52.5. The number of carbonyl (C=O) groups excluding carboxylic acids is 4. The van der Waals surface area contributed by atoms with E-state index in [4.69, 9.17) is 28.1 Å². The number of fused-ring (bicyclic) bond motifs is 4. The zero-order chi connectivity index (χ0) is 32.6. The zero-order valence-electron chi connectivity index (χ0n) is 27.3. The summed E-state index contributed by atoms with van der Waals surface area (Å²) in [6, 6.07) is 1.92. The number of carbonyl (C=O) groups is 4. The van der Waals surface area contributed by atoms with Gasteiger partial charge < -0.3 is 28.1 Å². The molecule has 2 saturated carbocycles. The Morgan fingerprint density at radius 2 is 1.69 bits per heavy atom. The van der Waals surface area contributed by atoms with E-state index in [0.717, 1.165) is 16.7 Å². The van der Waals surface area contributed by atoms with Gasteiger partial charge in [-0.3, -0.25) is 14.4 Å². The van der Waals surface area contributed by atoms with E-state index in [0.29, 0.717) is 12.0 Å². The average Bonchev–Trinajstić information content (AvgIpc) is 3.68. The second-order valence-corrected chi connectivity index (χ2v) is 14.3. The third-order valence-corrected chi connectivity index (χ3v) is 12.0. The SMILES string of the molecule is C/C=C(\C)C(=O)O[C@@H]1[C@@H]2OC[C@]3(C)[C@H](OC(C)=O)C[C@H](OC(C)=O)[C@@](C)([C@@H]23)[C@H]2CC(=O)O[C@H]3C[C@@H](c4ccoc4)C(C)=C3[C@]12C. The van der Waals surface area contributed by atoms with Crippen molar-refractivity contribution in [1.82, 2.24) is 0 Å². The fourth-order valence-corrected chi connectivity index (χ4v) is 10.1. The van der Waals surface area contributed by atoms with Crippen LogP contribution in [0, 0.1) is 28.1 Å². The van der Waals surface area contributed by atoms with Gasteiger partial charge >= 0.3 is 23.9 Å². The highest BCUT2D eigenvalue weighted by Crippen LogP contribution is 2.72. The molecule has 0 N–H and O–H groups in total. The first-order chi connectivity index (χ1) is 21.2. The predicted molar refractivity (Wildman–Crippen MR) is 159 cm³/mol. The Bertz CT molecular complexity index is 1470. The predicted octanol–water partition coefficient (Wildman–Crippen LogP) is 5.21. The van der Waals surface area contributed by atoms with Gasteiger partial charge in [-0.15, -0.1) is 0 Å². The molecule has 1 aromatic heterocycles. The number of esters is 4. The Hall–Kier alpha value is -3.40. The average molecular weight is 625 g/mol. The summed E-state index contributed by atoms with van der Waals surface area (Å²) in [6.07, 6.45) is 2.53. The van der Waals surface area contributed by atoms with Crippen molar-refractivity contribution in [3.63, 3.8) is 0 Å². The molecule has 0 bridgehead atoms. The summed E-state index contributed by atoms with van der Waals surface area (Å²) in [7, 11) is 0. The molecule has 0 spiro atoms. The van der Waals surface area contributed by atoms with Crippen molar-refractivity contribution in [3.05, 3.63) is 47.0 Å². The molecule has 1 aromatic rings. The van der Waals surface area contributed by atoms with Gasteiger partial charge in [-0.1, -0.05) is 32.4 Å². The lowest BCUT2D eigenvalue weighted by Gasteiger charge is -2.66. The number of rotatable bonds is 5. The molecular weight excluding hydrogens is 580 g/mol. The molecule has 6 rings (SSSR count). The summed E-state index contributed by atoms with van der Waals surface area (Å²) in [5.74, 6) is -2.68. The molecule has 10 heteroatoms. The maximum atomic E-state index is 13.8. The minimum atomic E-state index is -0.948. The van der Waals surface area contributed by atoms with E-state index in [2.05, 4.69) is 20.8 Å². The smallest absolute Gasteiger partial charge is 0.333 e. The van der Waals surface area contributed by atoms with Gasteiger partial charge in [0, 0.05) is 60.3 Å². The van der Waals surface area contributed by atoms with Gasteiger partial charge in [0.05, 0.1) is 25.2 Å². The van der Waals surface area contributed by atoms with Gasteiger partial charge in [-0.05, 0) is 50.3 Å². The van der Waals surface area contributed by atoms with Crippen LogP contribution in [-0.2, 0) is 42.9 Å². The number of hydrogen-bond donors (Lipinski definition) is 0. The van der Waals surface area contributed by atoms with E-state index in [1.807, 2.05) is 13.0 Å². The van der Waals surface area contributed by atoms with Gasteiger partial charge in [-0.25, -0.2) is 4.79 Å². The summed E-state index contributed by atoms with van der Waals surface area (Å²) < 4.78 is 36.9. The molecule has 10 nitrogen and oxygen atoms in total. The number of hydrogen-bond acceptors (Lipinski definition) is 10. The Morgan fingerprint density at radius 3 is 2.31 bits per heavy atom. The van der Waals surface area contributed by atoms with Crippen LogP contribution in [0.4, 0.5) is 0 Å². The maximum Gasteiger partial charge on any atom is 0.333 e. The van der Waals surface area contributed by atoms with E-state index in [1.165, 1.54) is 13.8 Å². The van der Waals surface area contributed by atoms with Crippen molar-refractivity contribution in [2.45, 2.75) is 111 Å². The monoisotopic (exact) mass is 624 g/mol. The lowest BCUT2D eigenvalue weighted by Crippen LogP contribution is -2.72. The Labute approximate surface area is 263 Å². The lowest BCUT2D eigenvalue weighted by molar-refractivity contribution is -0.257.